The lowest BCUT2D eigenvalue weighted by Crippen LogP contribution is -1.78. The van der Waals surface area contributed by atoms with Gasteiger partial charge < -0.3 is 9.97 Å². The van der Waals surface area contributed by atoms with Crippen molar-refractivity contribution in [3.8, 4) is 11.3 Å². The summed E-state index contributed by atoms with van der Waals surface area (Å²) in [4.78, 5) is 11.1. The Hall–Kier alpha value is -4.51. The van der Waals surface area contributed by atoms with E-state index in [1.54, 1.807) is 24.4 Å². The first-order valence-electron chi connectivity index (χ1n) is 10.1. The Bertz CT molecular complexity index is 1350. The summed E-state index contributed by atoms with van der Waals surface area (Å²) in [5.41, 5.74) is 9.01. The third-order valence-corrected chi connectivity index (χ3v) is 5.08. The molecule has 2 N–H and O–H groups in total. The lowest BCUT2D eigenvalue weighted by Gasteiger charge is -1.93. The fraction of sp³-hybridized carbons (Fsp3) is 0. The van der Waals surface area contributed by atoms with E-state index in [2.05, 4.69) is 51.5 Å². The van der Waals surface area contributed by atoms with Crippen molar-refractivity contribution in [1.29, 1.82) is 0 Å². The van der Waals surface area contributed by atoms with Gasteiger partial charge in [-0.25, -0.2) is 0 Å². The lowest BCUT2D eigenvalue weighted by atomic mass is 10.1. The molecule has 2 aliphatic rings. The number of nitrogens with zero attached hydrogens (tertiary/aromatic N) is 3. The van der Waals surface area contributed by atoms with Crippen LogP contribution < -0.4 is 0 Å². The third kappa shape index (κ3) is 4.18. The largest absolute Gasteiger partial charge is 0.355 e. The number of nitrogens with one attached hydrogen (secondary N) is 2. The van der Waals surface area contributed by atoms with Gasteiger partial charge in [0.05, 0.1) is 17.6 Å². The van der Waals surface area contributed by atoms with Crippen LogP contribution in [0.1, 0.15) is 45.3 Å². The standard InChI is InChI=1S/C27H23N5/c1-5-18-15-20(7-3)29-24(18)12-10-22-9-11-23-26(31-32-27(23)17-28-22)14-13-25-19(6-2)16-21(8-4)30-25/h5-17,29-30H,1-4H2/b12-10+,14-13+. The van der Waals surface area contributed by atoms with Crippen molar-refractivity contribution in [2.24, 2.45) is 0 Å². The van der Waals surface area contributed by atoms with Crippen molar-refractivity contribution in [3.05, 3.63) is 102 Å². The molecule has 0 saturated heterocycles. The van der Waals surface area contributed by atoms with Gasteiger partial charge in [-0.2, -0.15) is 0 Å². The van der Waals surface area contributed by atoms with Gasteiger partial charge in [-0.15, -0.1) is 10.2 Å². The molecular weight excluding hydrogens is 394 g/mol. The van der Waals surface area contributed by atoms with Crippen LogP contribution in [0.25, 0.3) is 59.9 Å². The average Bonchev–Trinajstić information content (AvgIpc) is 3.49. The number of aromatic amines is 2. The van der Waals surface area contributed by atoms with Crippen molar-refractivity contribution in [2.45, 2.75) is 0 Å². The highest BCUT2D eigenvalue weighted by molar-refractivity contribution is 5.80. The summed E-state index contributed by atoms with van der Waals surface area (Å²) in [6, 6.07) is 7.93. The summed E-state index contributed by atoms with van der Waals surface area (Å²) in [6.45, 7) is 15.3. The van der Waals surface area contributed by atoms with Crippen LogP contribution in [-0.2, 0) is 0 Å². The molecule has 2 aliphatic heterocycles. The predicted octanol–water partition coefficient (Wildman–Crippen LogP) is 6.55. The molecule has 0 unspecified atom stereocenters. The van der Waals surface area contributed by atoms with E-state index >= 15 is 0 Å². The maximum absolute atomic E-state index is 4.54. The Morgan fingerprint density at radius 2 is 1.31 bits per heavy atom. The van der Waals surface area contributed by atoms with E-state index < -0.39 is 0 Å². The number of hydrogen-bond donors (Lipinski definition) is 2. The van der Waals surface area contributed by atoms with E-state index in [-0.39, 0.29) is 0 Å². The van der Waals surface area contributed by atoms with E-state index in [1.165, 1.54) is 0 Å². The van der Waals surface area contributed by atoms with Crippen LogP contribution in [0, 0.1) is 0 Å². The summed E-state index contributed by atoms with van der Waals surface area (Å²) in [5, 5.41) is 8.57. The Kier molecular flexibility index (Phi) is 5.90. The van der Waals surface area contributed by atoms with E-state index in [1.807, 2.05) is 54.6 Å². The van der Waals surface area contributed by atoms with Gasteiger partial charge >= 0.3 is 0 Å². The monoisotopic (exact) mass is 417 g/mol. The summed E-state index contributed by atoms with van der Waals surface area (Å²) in [7, 11) is 0. The van der Waals surface area contributed by atoms with E-state index in [9.17, 15) is 0 Å². The van der Waals surface area contributed by atoms with Crippen LogP contribution >= 0.6 is 0 Å². The van der Waals surface area contributed by atoms with Gasteiger partial charge in [-0.05, 0) is 71.8 Å². The second-order valence-electron chi connectivity index (χ2n) is 7.07. The van der Waals surface area contributed by atoms with Crippen molar-refractivity contribution in [3.63, 3.8) is 0 Å². The van der Waals surface area contributed by atoms with Crippen LogP contribution in [0.5, 0.6) is 0 Å². The Morgan fingerprint density at radius 1 is 0.688 bits per heavy atom. The number of rotatable bonds is 8. The predicted molar refractivity (Wildman–Crippen MR) is 136 cm³/mol. The SMILES string of the molecule is C=Cc1cc(C=C)c(/C=C/c2ccc3c(/C=C/c4[nH]c(C=C)cc4C=C)nnc-3cn2)[nH]1. The quantitative estimate of drug-likeness (QED) is 0.342. The first kappa shape index (κ1) is 20.8. The topological polar surface area (TPSA) is 70.2 Å². The van der Waals surface area contributed by atoms with Crippen LogP contribution in [0.3, 0.4) is 0 Å². The van der Waals surface area contributed by atoms with Crippen molar-refractivity contribution in [1.82, 2.24) is 25.1 Å². The molecule has 0 radical (unpaired) electrons. The highest BCUT2D eigenvalue weighted by Crippen LogP contribution is 2.25. The number of aromatic nitrogens is 5. The molecule has 0 amide bonds. The number of fused-ring (bicyclic) bond motifs is 1. The molecule has 2 aromatic rings. The minimum atomic E-state index is 0.729. The molecule has 4 rings (SSSR count). The second kappa shape index (κ2) is 9.10. The maximum Gasteiger partial charge on any atom is 0.113 e. The molecule has 5 nitrogen and oxygen atoms in total. The summed E-state index contributed by atoms with van der Waals surface area (Å²) < 4.78 is 0. The van der Waals surface area contributed by atoms with Gasteiger partial charge in [0, 0.05) is 28.3 Å². The van der Waals surface area contributed by atoms with Gasteiger partial charge in [-0.1, -0.05) is 38.5 Å². The van der Waals surface area contributed by atoms with E-state index in [4.69, 9.17) is 0 Å². The molecule has 0 aliphatic carbocycles. The molecule has 2 aromatic heterocycles. The van der Waals surface area contributed by atoms with Gasteiger partial charge in [0.2, 0.25) is 0 Å². The molecule has 5 heteroatoms. The lowest BCUT2D eigenvalue weighted by molar-refractivity contribution is 1.08. The minimum absolute atomic E-state index is 0.729. The van der Waals surface area contributed by atoms with Gasteiger partial charge in [-0.3, -0.25) is 4.98 Å². The van der Waals surface area contributed by atoms with Crippen LogP contribution in [0.2, 0.25) is 0 Å². The molecule has 0 atom stereocenters. The van der Waals surface area contributed by atoms with Gasteiger partial charge in [0.15, 0.2) is 0 Å². The molecule has 0 spiro atoms. The zero-order valence-corrected chi connectivity index (χ0v) is 17.7. The highest BCUT2D eigenvalue weighted by atomic mass is 15.1. The zero-order valence-electron chi connectivity index (χ0n) is 17.7. The van der Waals surface area contributed by atoms with Crippen molar-refractivity contribution >= 4 is 48.6 Å². The first-order chi connectivity index (χ1) is 15.6. The molecular formula is C27H23N5. The first-order valence-corrected chi connectivity index (χ1v) is 10.1. The van der Waals surface area contributed by atoms with Gasteiger partial charge in [0.25, 0.3) is 0 Å². The molecule has 32 heavy (non-hydrogen) atoms. The normalized spacial score (nSPS) is 11.4. The van der Waals surface area contributed by atoms with Crippen LogP contribution in [-0.4, -0.2) is 25.1 Å². The third-order valence-electron chi connectivity index (χ3n) is 5.08. The smallest absolute Gasteiger partial charge is 0.113 e. The Morgan fingerprint density at radius 3 is 1.91 bits per heavy atom. The fourth-order valence-corrected chi connectivity index (χ4v) is 3.36. The zero-order chi connectivity index (χ0) is 22.5. The Labute approximate surface area is 187 Å². The maximum atomic E-state index is 4.54. The minimum Gasteiger partial charge on any atom is -0.355 e. The fourth-order valence-electron chi connectivity index (χ4n) is 3.36. The summed E-state index contributed by atoms with van der Waals surface area (Å²) in [6.07, 6.45) is 16.7. The number of hydrogen-bond acceptors (Lipinski definition) is 3. The van der Waals surface area contributed by atoms with Crippen molar-refractivity contribution < 1.29 is 0 Å². The van der Waals surface area contributed by atoms with Crippen molar-refractivity contribution in [2.75, 3.05) is 0 Å². The summed E-state index contributed by atoms with van der Waals surface area (Å²) in [5.74, 6) is 0. The number of H-pyrrole nitrogens is 2. The molecule has 4 heterocycles. The molecule has 156 valence electrons. The van der Waals surface area contributed by atoms with E-state index in [0.29, 0.717) is 0 Å². The molecule has 0 fully saturated rings. The highest BCUT2D eigenvalue weighted by Gasteiger charge is 2.11. The molecule has 0 saturated carbocycles. The Balaban J connectivity index is 1.62. The molecule has 0 bridgehead atoms. The molecule has 0 aromatic carbocycles. The second-order valence-corrected chi connectivity index (χ2v) is 7.07. The van der Waals surface area contributed by atoms with E-state index in [0.717, 1.165) is 56.5 Å². The van der Waals surface area contributed by atoms with Gasteiger partial charge in [0.1, 0.15) is 5.69 Å². The average molecular weight is 418 g/mol. The van der Waals surface area contributed by atoms with Crippen LogP contribution in [0.4, 0.5) is 0 Å². The summed E-state index contributed by atoms with van der Waals surface area (Å²) >= 11 is 0. The van der Waals surface area contributed by atoms with Crippen LogP contribution in [0.15, 0.2) is 56.8 Å².